The lowest BCUT2D eigenvalue weighted by molar-refractivity contribution is -0.137. The molecule has 0 spiro atoms. The van der Waals surface area contributed by atoms with Crippen LogP contribution in [0.15, 0.2) is 66.7 Å². The third kappa shape index (κ3) is 3.86. The van der Waals surface area contributed by atoms with Crippen LogP contribution in [0.5, 0.6) is 5.75 Å². The van der Waals surface area contributed by atoms with Gasteiger partial charge in [0, 0.05) is 0 Å². The molecule has 0 fully saturated rings. The summed E-state index contributed by atoms with van der Waals surface area (Å²) in [6.07, 6.45) is -4.35. The molecule has 142 valence electrons. The van der Waals surface area contributed by atoms with Crippen LogP contribution in [0.25, 0.3) is 22.2 Å². The van der Waals surface area contributed by atoms with E-state index in [1.165, 1.54) is 17.7 Å². The highest BCUT2D eigenvalue weighted by molar-refractivity contribution is 5.82. The Labute approximate surface area is 159 Å². The summed E-state index contributed by atoms with van der Waals surface area (Å²) in [6.45, 7) is 2.19. The summed E-state index contributed by atoms with van der Waals surface area (Å²) in [5, 5.41) is 0. The van der Waals surface area contributed by atoms with E-state index in [0.717, 1.165) is 34.3 Å². The number of benzene rings is 3. The van der Waals surface area contributed by atoms with Gasteiger partial charge >= 0.3 is 6.18 Å². The number of aromatic nitrogens is 2. The van der Waals surface area contributed by atoms with Crippen molar-refractivity contribution >= 4 is 11.0 Å². The Morgan fingerprint density at radius 1 is 0.929 bits per heavy atom. The number of H-pyrrole nitrogens is 1. The Bertz CT molecular complexity index is 1110. The van der Waals surface area contributed by atoms with Gasteiger partial charge in [-0.1, -0.05) is 35.9 Å². The van der Waals surface area contributed by atoms with Crippen molar-refractivity contribution in [3.63, 3.8) is 0 Å². The molecule has 6 heteroatoms. The first-order valence-corrected chi connectivity index (χ1v) is 8.74. The first kappa shape index (κ1) is 18.1. The summed E-state index contributed by atoms with van der Waals surface area (Å²) in [7, 11) is 0. The minimum Gasteiger partial charge on any atom is -0.486 e. The third-order valence-corrected chi connectivity index (χ3v) is 4.44. The zero-order valence-corrected chi connectivity index (χ0v) is 15.0. The fourth-order valence-corrected chi connectivity index (χ4v) is 3.02. The fourth-order valence-electron chi connectivity index (χ4n) is 3.02. The molecule has 0 aliphatic heterocycles. The van der Waals surface area contributed by atoms with Crippen molar-refractivity contribution in [3.05, 3.63) is 83.7 Å². The molecular formula is C22H17F3N2O. The van der Waals surface area contributed by atoms with Crippen LogP contribution in [0.4, 0.5) is 13.2 Å². The molecule has 0 amide bonds. The highest BCUT2D eigenvalue weighted by Gasteiger charge is 2.30. The maximum atomic E-state index is 12.6. The van der Waals surface area contributed by atoms with Crippen LogP contribution in [0.3, 0.4) is 0 Å². The summed E-state index contributed by atoms with van der Waals surface area (Å²) < 4.78 is 43.4. The van der Waals surface area contributed by atoms with Crippen molar-refractivity contribution in [2.45, 2.75) is 19.7 Å². The molecule has 0 aliphatic carbocycles. The molecule has 4 rings (SSSR count). The second kappa shape index (κ2) is 7.03. The van der Waals surface area contributed by atoms with Gasteiger partial charge in [-0.2, -0.15) is 13.2 Å². The predicted octanol–water partition coefficient (Wildman–Crippen LogP) is 6.14. The maximum Gasteiger partial charge on any atom is 0.416 e. The molecule has 1 heterocycles. The number of nitrogens with one attached hydrogen (secondary N) is 1. The van der Waals surface area contributed by atoms with E-state index >= 15 is 0 Å². The number of nitrogens with zero attached hydrogens (tertiary/aromatic N) is 1. The molecule has 1 N–H and O–H groups in total. The quantitative estimate of drug-likeness (QED) is 0.461. The molecule has 0 saturated heterocycles. The normalized spacial score (nSPS) is 11.7. The van der Waals surface area contributed by atoms with Crippen LogP contribution < -0.4 is 4.74 Å². The first-order chi connectivity index (χ1) is 13.4. The lowest BCUT2D eigenvalue weighted by Gasteiger charge is -2.08. The second-order valence-corrected chi connectivity index (χ2v) is 6.60. The summed E-state index contributed by atoms with van der Waals surface area (Å²) in [5.74, 6) is 0.963. The predicted molar refractivity (Wildman–Crippen MR) is 102 cm³/mol. The van der Waals surface area contributed by atoms with E-state index in [1.807, 2.05) is 37.3 Å². The monoisotopic (exact) mass is 382 g/mol. The Hall–Kier alpha value is -3.28. The second-order valence-electron chi connectivity index (χ2n) is 6.60. The number of imidazole rings is 1. The van der Waals surface area contributed by atoms with Crippen LogP contribution in [-0.4, -0.2) is 9.97 Å². The zero-order chi connectivity index (χ0) is 19.7. The minimum atomic E-state index is -4.35. The van der Waals surface area contributed by atoms with Crippen molar-refractivity contribution in [2.75, 3.05) is 0 Å². The molecule has 28 heavy (non-hydrogen) atoms. The van der Waals surface area contributed by atoms with Crippen molar-refractivity contribution in [1.82, 2.24) is 9.97 Å². The largest absolute Gasteiger partial charge is 0.486 e. The summed E-state index contributed by atoms with van der Waals surface area (Å²) in [6, 6.07) is 18.8. The first-order valence-electron chi connectivity index (χ1n) is 8.74. The maximum absolute atomic E-state index is 12.6. The number of rotatable bonds is 4. The Morgan fingerprint density at radius 3 is 2.39 bits per heavy atom. The van der Waals surface area contributed by atoms with Gasteiger partial charge in [-0.15, -0.1) is 0 Å². The van der Waals surface area contributed by atoms with Gasteiger partial charge in [0.1, 0.15) is 18.2 Å². The van der Waals surface area contributed by atoms with E-state index in [1.54, 1.807) is 0 Å². The van der Waals surface area contributed by atoms with Crippen molar-refractivity contribution in [2.24, 2.45) is 0 Å². The smallest absolute Gasteiger partial charge is 0.416 e. The van der Waals surface area contributed by atoms with Crippen molar-refractivity contribution in [1.29, 1.82) is 0 Å². The van der Waals surface area contributed by atoms with Gasteiger partial charge < -0.3 is 9.72 Å². The lowest BCUT2D eigenvalue weighted by Crippen LogP contribution is -2.04. The third-order valence-electron chi connectivity index (χ3n) is 4.44. The summed E-state index contributed by atoms with van der Waals surface area (Å²) >= 11 is 0. The highest BCUT2D eigenvalue weighted by Crippen LogP contribution is 2.30. The van der Waals surface area contributed by atoms with Gasteiger partial charge in [0.15, 0.2) is 0 Å². The van der Waals surface area contributed by atoms with Gasteiger partial charge in [-0.3, -0.25) is 0 Å². The molecule has 0 aliphatic rings. The summed E-state index contributed by atoms with van der Waals surface area (Å²) in [5.41, 5.74) is 4.36. The fraction of sp³-hybridized carbons (Fsp3) is 0.136. The van der Waals surface area contributed by atoms with E-state index in [9.17, 15) is 13.2 Å². The number of alkyl halides is 3. The average Bonchev–Trinajstić information content (AvgIpc) is 3.08. The van der Waals surface area contributed by atoms with Crippen LogP contribution in [0.1, 0.15) is 17.0 Å². The number of hydrogen-bond acceptors (Lipinski definition) is 2. The number of aromatic amines is 1. The molecular weight excluding hydrogens is 365 g/mol. The standard InChI is InChI=1S/C22H17F3N2O/c1-14-3-2-4-15(11-14)16-5-10-19-20(12-16)27-21(26-19)13-28-18-8-6-17(7-9-18)22(23,24)25/h2-12H,13H2,1H3,(H,26,27). The zero-order valence-electron chi connectivity index (χ0n) is 15.0. The minimum absolute atomic E-state index is 0.139. The van der Waals surface area contributed by atoms with E-state index in [2.05, 4.69) is 22.1 Å². The SMILES string of the molecule is Cc1cccc(-c2ccc3[nH]c(COc4ccc(C(F)(F)F)cc4)nc3c2)c1. The Morgan fingerprint density at radius 2 is 1.68 bits per heavy atom. The van der Waals surface area contributed by atoms with Crippen molar-refractivity contribution in [3.8, 4) is 16.9 Å². The number of ether oxygens (including phenoxy) is 1. The van der Waals surface area contributed by atoms with Crippen LogP contribution in [0.2, 0.25) is 0 Å². The van der Waals surface area contributed by atoms with E-state index in [0.29, 0.717) is 11.6 Å². The molecule has 0 radical (unpaired) electrons. The van der Waals surface area contributed by atoms with Crippen LogP contribution in [0, 0.1) is 6.92 Å². The van der Waals surface area contributed by atoms with Gasteiger partial charge in [0.05, 0.1) is 16.6 Å². The van der Waals surface area contributed by atoms with Crippen molar-refractivity contribution < 1.29 is 17.9 Å². The highest BCUT2D eigenvalue weighted by atomic mass is 19.4. The summed E-state index contributed by atoms with van der Waals surface area (Å²) in [4.78, 5) is 7.71. The topological polar surface area (TPSA) is 37.9 Å². The van der Waals surface area contributed by atoms with Crippen LogP contribution in [-0.2, 0) is 12.8 Å². The molecule has 0 unspecified atom stereocenters. The number of halogens is 3. The molecule has 0 bridgehead atoms. The number of hydrogen-bond donors (Lipinski definition) is 1. The molecule has 4 aromatic rings. The van der Waals surface area contributed by atoms with E-state index in [-0.39, 0.29) is 6.61 Å². The lowest BCUT2D eigenvalue weighted by atomic mass is 10.0. The molecule has 1 aromatic heterocycles. The van der Waals surface area contributed by atoms with Gasteiger partial charge in [-0.05, 0) is 54.4 Å². The average molecular weight is 382 g/mol. The molecule has 3 aromatic carbocycles. The molecule has 3 nitrogen and oxygen atoms in total. The van der Waals surface area contributed by atoms with E-state index < -0.39 is 11.7 Å². The van der Waals surface area contributed by atoms with Crippen LogP contribution >= 0.6 is 0 Å². The molecule has 0 atom stereocenters. The Balaban J connectivity index is 1.50. The Kier molecular flexibility index (Phi) is 4.55. The number of aryl methyl sites for hydroxylation is 1. The number of fused-ring (bicyclic) bond motifs is 1. The van der Waals surface area contributed by atoms with Gasteiger partial charge in [-0.25, -0.2) is 4.98 Å². The molecule has 0 saturated carbocycles. The van der Waals surface area contributed by atoms with Gasteiger partial charge in [0.25, 0.3) is 0 Å². The van der Waals surface area contributed by atoms with E-state index in [4.69, 9.17) is 4.74 Å². The van der Waals surface area contributed by atoms with Gasteiger partial charge in [0.2, 0.25) is 0 Å².